The highest BCUT2D eigenvalue weighted by atomic mass is 19.4. The molecule has 0 aromatic carbocycles. The number of unbranched alkanes of at least 4 members (excludes halogenated alkanes) is 2. The molecule has 676 valence electrons. The van der Waals surface area contributed by atoms with E-state index in [2.05, 4.69) is 143 Å². The Hall–Kier alpha value is -1.65. The van der Waals surface area contributed by atoms with Crippen molar-refractivity contribution in [1.29, 1.82) is 0 Å². The summed E-state index contributed by atoms with van der Waals surface area (Å²) in [5, 5.41) is 0. The van der Waals surface area contributed by atoms with Gasteiger partial charge in [0.25, 0.3) is 0 Å². The van der Waals surface area contributed by atoms with Gasteiger partial charge in [-0.05, 0) is 158 Å². The number of hydrogen-bond donors (Lipinski definition) is 0. The minimum atomic E-state index is -5.24. The SMILES string of the molecule is CC(C)C.CC(C)C(F)(F)F.CC1(C)CCC(C)(F)CC1.CC1CCC(C)(F)CC1.CCC.CCC(C)(C(F)(F)F)C(F)(F)F.CCC(C)(C)C.CCC(C)(C)C.CCC(C)(C)C(F)(F)F.CCC1(C(F)(F)F)CCCC1.CCC1(C(F)(F)F)CCCCC1.CCCC.CCCC.CCCC(C)C(F)(F)F.COC. The van der Waals surface area contributed by atoms with Crippen molar-refractivity contribution < 1.29 is 106 Å². The van der Waals surface area contributed by atoms with Crippen LogP contribution in [0.15, 0.2) is 0 Å². The van der Waals surface area contributed by atoms with Crippen molar-refractivity contribution in [2.45, 2.75) is 476 Å². The van der Waals surface area contributed by atoms with Crippen LogP contribution >= 0.6 is 0 Å². The molecule has 0 heterocycles. The van der Waals surface area contributed by atoms with Gasteiger partial charge in [0.2, 0.25) is 0 Å². The smallest absolute Gasteiger partial charge is 0.388 e. The van der Waals surface area contributed by atoms with Crippen LogP contribution in [0.3, 0.4) is 0 Å². The van der Waals surface area contributed by atoms with Crippen molar-refractivity contribution in [2.75, 3.05) is 14.2 Å². The number of hydrogen-bond acceptors (Lipinski definition) is 1. The molecule has 4 aliphatic rings. The number of methoxy groups -OCH3 is 1. The van der Waals surface area contributed by atoms with Crippen LogP contribution in [0.5, 0.6) is 0 Å². The largest absolute Gasteiger partial charge is 0.402 e. The number of rotatable bonds is 8. The van der Waals surface area contributed by atoms with E-state index in [9.17, 15) is 101 Å². The third-order valence-corrected chi connectivity index (χ3v) is 19.6. The van der Waals surface area contributed by atoms with Gasteiger partial charge in [-0.2, -0.15) is 92.2 Å². The van der Waals surface area contributed by atoms with Crippen molar-refractivity contribution >= 4 is 0 Å². The molecule has 24 heteroatoms. The van der Waals surface area contributed by atoms with E-state index in [-0.39, 0.29) is 32.6 Å². The molecule has 109 heavy (non-hydrogen) atoms. The molecule has 0 aliphatic heterocycles. The van der Waals surface area contributed by atoms with Gasteiger partial charge in [0, 0.05) is 20.1 Å². The first-order valence-corrected chi connectivity index (χ1v) is 40.6. The fourth-order valence-corrected chi connectivity index (χ4v) is 8.13. The second-order valence-corrected chi connectivity index (χ2v) is 35.2. The predicted molar refractivity (Wildman–Crippen MR) is 420 cm³/mol. The predicted octanol–water partition coefficient (Wildman–Crippen LogP) is 37.2. The van der Waals surface area contributed by atoms with E-state index >= 15 is 0 Å². The summed E-state index contributed by atoms with van der Waals surface area (Å²) in [7, 11) is 3.25. The van der Waals surface area contributed by atoms with Crippen molar-refractivity contribution in [3.05, 3.63) is 0 Å². The summed E-state index contributed by atoms with van der Waals surface area (Å²) in [6, 6.07) is 0. The van der Waals surface area contributed by atoms with E-state index in [1.807, 2.05) is 0 Å². The Morgan fingerprint density at radius 2 is 0.596 bits per heavy atom. The van der Waals surface area contributed by atoms with Crippen LogP contribution in [-0.2, 0) is 4.74 Å². The molecule has 0 bridgehead atoms. The lowest BCUT2D eigenvalue weighted by Crippen LogP contribution is -2.47. The van der Waals surface area contributed by atoms with E-state index in [1.54, 1.807) is 48.8 Å². The molecule has 1 unspecified atom stereocenters. The van der Waals surface area contributed by atoms with E-state index in [4.69, 9.17) is 0 Å². The van der Waals surface area contributed by atoms with Crippen molar-refractivity contribution in [2.24, 2.45) is 61.6 Å². The van der Waals surface area contributed by atoms with Crippen LogP contribution in [0, 0.1) is 61.6 Å². The molecule has 0 spiro atoms. The lowest BCUT2D eigenvalue weighted by Gasteiger charge is -2.38. The summed E-state index contributed by atoms with van der Waals surface area (Å²) in [4.78, 5) is 0. The first-order valence-electron chi connectivity index (χ1n) is 40.6. The first kappa shape index (κ1) is 131. The second kappa shape index (κ2) is 62.6. The molecular weight excluding hydrogens is 1470 g/mol. The number of halogens is 23. The standard InChI is InChI=1S/C9H15F3.C9H17F.C8H13F3.C8H15F.C6H8F6.2C6H11F3.2C6H14.C4H7F3.3C4H10.C3H8.C2H6O/c1-2-8(9(10,11)12)6-4-3-5-7-8;1-8(2)4-6-9(3,10)7-5-8;1-2-7(8(9,10)11)5-3-4-6-7;1-7-3-5-8(2,9)6-4-7;1-3-4(2,5(7,8)9)6(10,11)12;1-4-5(2,3)6(7,8)9;1-3-4-5(2)6(7,8)9;2*1-5-6(2,3)4;1-3(2)4(5,6)7;1-4(2)3;2*1-3-4-2;2*1-3-2/h2-7H2,1H3;4-7H2,1-3H3;2-6H2,1H3;7H,3-6H2,1-2H3;3H2,1-2H3;4H2,1-3H3;5H,3-4H2,1-2H3;2*5H2,1-4H3;3H,1-2H3;4H,1-3H3;2*3-4H2,1-2H3;3H2,1-2H3;1-2H3. The third kappa shape index (κ3) is 76.1. The highest BCUT2D eigenvalue weighted by molar-refractivity contribution is 4.91. The van der Waals surface area contributed by atoms with Gasteiger partial charge in [-0.3, -0.25) is 0 Å². The van der Waals surface area contributed by atoms with Crippen LogP contribution in [0.25, 0.3) is 0 Å². The van der Waals surface area contributed by atoms with Gasteiger partial charge in [-0.1, -0.05) is 291 Å². The van der Waals surface area contributed by atoms with Crippen molar-refractivity contribution in [3.63, 3.8) is 0 Å². The molecule has 4 aliphatic carbocycles. The fourth-order valence-electron chi connectivity index (χ4n) is 8.13. The average molecular weight is 1640 g/mol. The lowest BCUT2D eigenvalue weighted by molar-refractivity contribution is -0.335. The molecule has 0 aromatic rings. The normalized spacial score (nSPS) is 19.0. The molecule has 1 nitrogen and oxygen atoms in total. The van der Waals surface area contributed by atoms with Gasteiger partial charge in [-0.15, -0.1) is 0 Å². The second-order valence-electron chi connectivity index (χ2n) is 35.2. The maximum atomic E-state index is 13.2. The average Bonchev–Trinajstić information content (AvgIpc) is 1.06. The molecule has 0 amide bonds. The maximum absolute atomic E-state index is 13.2. The Labute approximate surface area is 654 Å². The van der Waals surface area contributed by atoms with E-state index in [0.29, 0.717) is 48.3 Å². The van der Waals surface area contributed by atoms with Crippen LogP contribution in [0.2, 0.25) is 0 Å². The Morgan fingerprint density at radius 1 is 0.358 bits per heavy atom. The zero-order chi connectivity index (χ0) is 90.2. The number of ether oxygens (including phenoxy) is 1. The topological polar surface area (TPSA) is 9.23 Å². The molecule has 4 fully saturated rings. The lowest BCUT2D eigenvalue weighted by atomic mass is 9.72. The van der Waals surface area contributed by atoms with Crippen LogP contribution < -0.4 is 0 Å². The third-order valence-electron chi connectivity index (χ3n) is 19.6. The minimum absolute atomic E-state index is 0.135. The maximum Gasteiger partial charge on any atom is 0.402 e. The molecule has 0 aromatic heterocycles. The molecule has 4 saturated carbocycles. The zero-order valence-electron chi connectivity index (χ0n) is 75.6. The minimum Gasteiger partial charge on any atom is -0.388 e. The highest BCUT2D eigenvalue weighted by Gasteiger charge is 2.66. The fraction of sp³-hybridized carbons (Fsp3) is 1.00. The quantitative estimate of drug-likeness (QED) is 0.220. The van der Waals surface area contributed by atoms with Crippen molar-refractivity contribution in [1.82, 2.24) is 0 Å². The summed E-state index contributed by atoms with van der Waals surface area (Å²) in [6.45, 7) is 60.9. The van der Waals surface area contributed by atoms with Gasteiger partial charge >= 0.3 is 43.2 Å². The van der Waals surface area contributed by atoms with Gasteiger partial charge in [0.15, 0.2) is 5.41 Å². The molecule has 4 rings (SSSR count). The van der Waals surface area contributed by atoms with Gasteiger partial charge in [0.05, 0.1) is 22.2 Å². The Balaban J connectivity index is -0.000000107. The monoisotopic (exact) mass is 1640 g/mol. The number of alkyl halides is 23. The first-order chi connectivity index (χ1) is 48.4. The van der Waals surface area contributed by atoms with Crippen LogP contribution in [0.4, 0.5) is 101 Å². The molecule has 0 N–H and O–H groups in total. The molecule has 0 radical (unpaired) electrons. The summed E-state index contributed by atoms with van der Waals surface area (Å²) < 4.78 is 281. The molecule has 0 saturated heterocycles. The van der Waals surface area contributed by atoms with Gasteiger partial charge in [0.1, 0.15) is 11.3 Å². The molecular formula is C85H169F23O. The Morgan fingerprint density at radius 3 is 0.697 bits per heavy atom. The highest BCUT2D eigenvalue weighted by Crippen LogP contribution is 2.54. The Bertz CT molecular complexity index is 1860. The zero-order valence-corrected chi connectivity index (χ0v) is 75.6. The van der Waals surface area contributed by atoms with Crippen molar-refractivity contribution in [3.8, 4) is 0 Å². The Kier molecular flexibility index (Phi) is 75.1. The van der Waals surface area contributed by atoms with Gasteiger partial charge < -0.3 is 4.74 Å². The molecule has 1 atom stereocenters. The summed E-state index contributed by atoms with van der Waals surface area (Å²) in [6.07, 6.45) is -8.35. The van der Waals surface area contributed by atoms with Crippen LogP contribution in [-0.4, -0.2) is 68.8 Å². The summed E-state index contributed by atoms with van der Waals surface area (Å²) in [5.41, 5.74) is -8.00. The van der Waals surface area contributed by atoms with E-state index < -0.39 is 94.5 Å². The van der Waals surface area contributed by atoms with E-state index in [1.165, 1.54) is 72.6 Å². The van der Waals surface area contributed by atoms with Gasteiger partial charge in [-0.25, -0.2) is 8.78 Å². The van der Waals surface area contributed by atoms with E-state index in [0.717, 1.165) is 116 Å². The summed E-state index contributed by atoms with van der Waals surface area (Å²) >= 11 is 0. The van der Waals surface area contributed by atoms with Crippen LogP contribution in [0.1, 0.15) is 421 Å². The summed E-state index contributed by atoms with van der Waals surface area (Å²) in [5.74, 6) is -0.746.